The number of hydrogen-bond acceptors (Lipinski definition) is 3. The first kappa shape index (κ1) is 12.0. The van der Waals surface area contributed by atoms with Gasteiger partial charge in [0.1, 0.15) is 5.75 Å². The molecular weight excluding hydrogens is 188 g/mol. The molecule has 1 aromatic carbocycles. The van der Waals surface area contributed by atoms with Gasteiger partial charge in [0, 0.05) is 18.1 Å². The third kappa shape index (κ3) is 3.90. The Labute approximate surface area is 91.3 Å². The minimum atomic E-state index is 0.00942. The Balaban J connectivity index is 2.83. The normalized spacial score (nSPS) is 13.9. The van der Waals surface area contributed by atoms with Crippen LogP contribution in [-0.4, -0.2) is 17.2 Å². The first-order valence-corrected chi connectivity index (χ1v) is 5.19. The van der Waals surface area contributed by atoms with Gasteiger partial charge < -0.3 is 16.2 Å². The van der Waals surface area contributed by atoms with E-state index < -0.39 is 0 Å². The molecule has 0 aliphatic heterocycles. The highest BCUT2D eigenvalue weighted by Crippen LogP contribution is 2.19. The highest BCUT2D eigenvalue weighted by Gasteiger charge is 2.17. The molecule has 1 atom stereocenters. The summed E-state index contributed by atoms with van der Waals surface area (Å²) in [6, 6.07) is 7.29. The van der Waals surface area contributed by atoms with E-state index in [0.717, 1.165) is 5.56 Å². The molecular formula is C12H20N2O. The molecule has 0 saturated carbocycles. The zero-order valence-electron chi connectivity index (χ0n) is 9.62. The van der Waals surface area contributed by atoms with Crippen LogP contribution in [0.25, 0.3) is 0 Å². The summed E-state index contributed by atoms with van der Waals surface area (Å²) in [5.41, 5.74) is 6.75. The Hall–Kier alpha value is -1.06. The second-order valence-corrected chi connectivity index (χ2v) is 4.78. The second kappa shape index (κ2) is 4.64. The molecule has 3 nitrogen and oxygen atoms in total. The molecule has 0 aliphatic carbocycles. The van der Waals surface area contributed by atoms with E-state index in [9.17, 15) is 5.11 Å². The standard InChI is InChI=1S/C12H20N2O/c1-12(2,3)14-11(8-13)9-5-4-6-10(15)7-9/h4-7,11,14-15H,8,13H2,1-3H3. The molecule has 1 rings (SSSR count). The molecule has 84 valence electrons. The average Bonchev–Trinajstić information content (AvgIpc) is 2.13. The van der Waals surface area contributed by atoms with Gasteiger partial charge in [-0.1, -0.05) is 12.1 Å². The molecule has 0 amide bonds. The largest absolute Gasteiger partial charge is 0.508 e. The van der Waals surface area contributed by atoms with Crippen molar-refractivity contribution >= 4 is 0 Å². The molecule has 0 radical (unpaired) electrons. The monoisotopic (exact) mass is 208 g/mol. The van der Waals surface area contributed by atoms with Crippen LogP contribution >= 0.6 is 0 Å². The van der Waals surface area contributed by atoms with Crippen LogP contribution in [0.1, 0.15) is 32.4 Å². The van der Waals surface area contributed by atoms with Crippen LogP contribution in [-0.2, 0) is 0 Å². The van der Waals surface area contributed by atoms with Crippen molar-refractivity contribution in [2.24, 2.45) is 5.73 Å². The Morgan fingerprint density at radius 3 is 2.53 bits per heavy atom. The molecule has 0 heterocycles. The Kier molecular flexibility index (Phi) is 3.72. The number of rotatable bonds is 3. The lowest BCUT2D eigenvalue weighted by Gasteiger charge is -2.28. The number of phenols is 1. The highest BCUT2D eigenvalue weighted by atomic mass is 16.3. The van der Waals surface area contributed by atoms with E-state index in [2.05, 4.69) is 26.1 Å². The van der Waals surface area contributed by atoms with Crippen molar-refractivity contribution in [3.8, 4) is 5.75 Å². The van der Waals surface area contributed by atoms with Gasteiger partial charge in [0.25, 0.3) is 0 Å². The Bertz CT molecular complexity index is 318. The molecule has 1 unspecified atom stereocenters. The van der Waals surface area contributed by atoms with Gasteiger partial charge in [-0.25, -0.2) is 0 Å². The summed E-state index contributed by atoms with van der Waals surface area (Å²) in [7, 11) is 0. The smallest absolute Gasteiger partial charge is 0.115 e. The molecule has 0 aliphatic rings. The van der Waals surface area contributed by atoms with Gasteiger partial charge in [0.2, 0.25) is 0 Å². The lowest BCUT2D eigenvalue weighted by Crippen LogP contribution is -2.41. The van der Waals surface area contributed by atoms with Crippen LogP contribution in [0.2, 0.25) is 0 Å². The van der Waals surface area contributed by atoms with Gasteiger partial charge >= 0.3 is 0 Å². The number of hydrogen-bond donors (Lipinski definition) is 3. The summed E-state index contributed by atoms with van der Waals surface area (Å²) in [5.74, 6) is 0.279. The van der Waals surface area contributed by atoms with E-state index in [1.165, 1.54) is 0 Å². The molecule has 15 heavy (non-hydrogen) atoms. The Morgan fingerprint density at radius 1 is 1.40 bits per heavy atom. The first-order chi connectivity index (χ1) is 6.92. The fraction of sp³-hybridized carbons (Fsp3) is 0.500. The van der Waals surface area contributed by atoms with Gasteiger partial charge in [-0.15, -0.1) is 0 Å². The summed E-state index contributed by atoms with van der Waals surface area (Å²) >= 11 is 0. The summed E-state index contributed by atoms with van der Waals surface area (Å²) < 4.78 is 0. The number of aromatic hydroxyl groups is 1. The maximum atomic E-state index is 9.39. The topological polar surface area (TPSA) is 58.3 Å². The maximum Gasteiger partial charge on any atom is 0.115 e. The minimum Gasteiger partial charge on any atom is -0.508 e. The quantitative estimate of drug-likeness (QED) is 0.709. The van der Waals surface area contributed by atoms with Crippen molar-refractivity contribution in [1.29, 1.82) is 0 Å². The number of nitrogens with one attached hydrogen (secondary N) is 1. The van der Waals surface area contributed by atoms with E-state index in [4.69, 9.17) is 5.73 Å². The van der Waals surface area contributed by atoms with E-state index >= 15 is 0 Å². The van der Waals surface area contributed by atoms with Crippen LogP contribution in [0.4, 0.5) is 0 Å². The predicted molar refractivity (Wildman–Crippen MR) is 62.8 cm³/mol. The minimum absolute atomic E-state index is 0.00942. The predicted octanol–water partition coefficient (Wildman–Crippen LogP) is 1.78. The Morgan fingerprint density at radius 2 is 2.07 bits per heavy atom. The van der Waals surface area contributed by atoms with Crippen molar-refractivity contribution in [3.63, 3.8) is 0 Å². The molecule has 0 aromatic heterocycles. The summed E-state index contributed by atoms with van der Waals surface area (Å²) in [6.45, 7) is 6.80. The van der Waals surface area contributed by atoms with Crippen LogP contribution in [0.15, 0.2) is 24.3 Å². The molecule has 4 N–H and O–H groups in total. The number of phenolic OH excluding ortho intramolecular Hbond substituents is 1. The molecule has 0 saturated heterocycles. The second-order valence-electron chi connectivity index (χ2n) is 4.78. The summed E-state index contributed by atoms with van der Waals surface area (Å²) in [4.78, 5) is 0. The van der Waals surface area contributed by atoms with Gasteiger partial charge in [-0.3, -0.25) is 0 Å². The van der Waals surface area contributed by atoms with Gasteiger partial charge in [-0.05, 0) is 38.5 Å². The van der Waals surface area contributed by atoms with E-state index in [-0.39, 0.29) is 17.3 Å². The highest BCUT2D eigenvalue weighted by molar-refractivity contribution is 5.29. The van der Waals surface area contributed by atoms with Crippen molar-refractivity contribution in [1.82, 2.24) is 5.32 Å². The van der Waals surface area contributed by atoms with Crippen LogP contribution < -0.4 is 11.1 Å². The third-order valence-corrected chi connectivity index (χ3v) is 2.12. The zero-order chi connectivity index (χ0) is 11.5. The van der Waals surface area contributed by atoms with Gasteiger partial charge in [0.05, 0.1) is 0 Å². The fourth-order valence-electron chi connectivity index (χ4n) is 1.54. The van der Waals surface area contributed by atoms with Crippen molar-refractivity contribution < 1.29 is 5.11 Å². The molecule has 0 spiro atoms. The number of benzene rings is 1. The average molecular weight is 208 g/mol. The summed E-state index contributed by atoms with van der Waals surface area (Å²) in [5, 5.41) is 12.8. The van der Waals surface area contributed by atoms with Gasteiger partial charge in [-0.2, -0.15) is 0 Å². The fourth-order valence-corrected chi connectivity index (χ4v) is 1.54. The van der Waals surface area contributed by atoms with E-state index in [1.54, 1.807) is 12.1 Å². The maximum absolute atomic E-state index is 9.39. The van der Waals surface area contributed by atoms with E-state index in [0.29, 0.717) is 6.54 Å². The molecule has 3 heteroatoms. The van der Waals surface area contributed by atoms with Crippen molar-refractivity contribution in [3.05, 3.63) is 29.8 Å². The lowest BCUT2D eigenvalue weighted by atomic mass is 10.0. The van der Waals surface area contributed by atoms with Crippen molar-refractivity contribution in [2.75, 3.05) is 6.54 Å². The van der Waals surface area contributed by atoms with Gasteiger partial charge in [0.15, 0.2) is 0 Å². The van der Waals surface area contributed by atoms with Crippen LogP contribution in [0.5, 0.6) is 5.75 Å². The third-order valence-electron chi connectivity index (χ3n) is 2.12. The lowest BCUT2D eigenvalue weighted by molar-refractivity contribution is 0.366. The summed E-state index contributed by atoms with van der Waals surface area (Å²) in [6.07, 6.45) is 0. The molecule has 0 bridgehead atoms. The van der Waals surface area contributed by atoms with E-state index in [1.807, 2.05) is 12.1 Å². The zero-order valence-corrected chi connectivity index (χ0v) is 9.62. The number of nitrogens with two attached hydrogens (primary N) is 1. The van der Waals surface area contributed by atoms with Crippen molar-refractivity contribution in [2.45, 2.75) is 32.4 Å². The van der Waals surface area contributed by atoms with Crippen LogP contribution in [0.3, 0.4) is 0 Å². The first-order valence-electron chi connectivity index (χ1n) is 5.19. The van der Waals surface area contributed by atoms with Crippen LogP contribution in [0, 0.1) is 0 Å². The molecule has 0 fully saturated rings. The SMILES string of the molecule is CC(C)(C)NC(CN)c1cccc(O)c1. The molecule has 1 aromatic rings.